The second kappa shape index (κ2) is 7.26. The van der Waals surface area contributed by atoms with Crippen LogP contribution in [0.1, 0.15) is 12.8 Å². The van der Waals surface area contributed by atoms with Crippen molar-refractivity contribution in [3.63, 3.8) is 0 Å². The van der Waals surface area contributed by atoms with E-state index in [-0.39, 0.29) is 23.8 Å². The zero-order valence-corrected chi connectivity index (χ0v) is 11.7. The Morgan fingerprint density at radius 2 is 1.90 bits per heavy atom. The number of rotatable bonds is 6. The number of hydrogen-bond donors (Lipinski definition) is 4. The first kappa shape index (κ1) is 15.6. The van der Waals surface area contributed by atoms with E-state index < -0.39 is 12.0 Å². The Morgan fingerprint density at radius 1 is 1.24 bits per heavy atom. The summed E-state index contributed by atoms with van der Waals surface area (Å²) in [6.45, 7) is 2.00. The van der Waals surface area contributed by atoms with Gasteiger partial charge >= 0.3 is 5.97 Å². The third-order valence-corrected chi connectivity index (χ3v) is 4.17. The molecular weight excluding hydrogens is 276 g/mol. The fourth-order valence-corrected chi connectivity index (χ4v) is 3.01. The maximum absolute atomic E-state index is 12.2. The van der Waals surface area contributed by atoms with E-state index in [0.717, 1.165) is 12.8 Å². The smallest absolute Gasteiger partial charge is 0.321 e. The van der Waals surface area contributed by atoms with E-state index >= 15 is 0 Å². The molecule has 4 atom stereocenters. The number of aliphatic carboxylic acids is 1. The lowest BCUT2D eigenvalue weighted by atomic mass is 9.98. The lowest BCUT2D eigenvalue weighted by molar-refractivity contribution is -0.140. The van der Waals surface area contributed by atoms with Crippen molar-refractivity contribution in [1.29, 1.82) is 0 Å². The summed E-state index contributed by atoms with van der Waals surface area (Å²) in [5.74, 6) is -1.13. The zero-order chi connectivity index (χ0) is 15.2. The zero-order valence-electron chi connectivity index (χ0n) is 11.7. The highest BCUT2D eigenvalue weighted by Gasteiger charge is 2.35. The third kappa shape index (κ3) is 3.84. The van der Waals surface area contributed by atoms with Gasteiger partial charge in [0.25, 0.3) is 0 Å². The first-order valence-electron chi connectivity index (χ1n) is 7.11. The average molecular weight is 296 g/mol. The molecule has 21 heavy (non-hydrogen) atoms. The molecule has 2 heterocycles. The van der Waals surface area contributed by atoms with Crippen LogP contribution in [0.2, 0.25) is 0 Å². The van der Waals surface area contributed by atoms with Crippen molar-refractivity contribution in [1.82, 2.24) is 16.0 Å². The Kier molecular flexibility index (Phi) is 5.38. The molecule has 2 aliphatic rings. The van der Waals surface area contributed by atoms with Gasteiger partial charge < -0.3 is 21.1 Å². The van der Waals surface area contributed by atoms with Crippen LogP contribution in [0.3, 0.4) is 0 Å². The van der Waals surface area contributed by atoms with Gasteiger partial charge in [-0.15, -0.1) is 0 Å². The minimum atomic E-state index is -0.882. The quantitative estimate of drug-likeness (QED) is 0.296. The molecule has 9 nitrogen and oxygen atoms in total. The van der Waals surface area contributed by atoms with Crippen LogP contribution in [0.4, 0.5) is 0 Å². The van der Waals surface area contributed by atoms with Crippen LogP contribution in [-0.4, -0.2) is 55.2 Å². The predicted octanol–water partition coefficient (Wildman–Crippen LogP) is -0.546. The Hall–Kier alpha value is -1.83. The van der Waals surface area contributed by atoms with Gasteiger partial charge in [0.15, 0.2) is 0 Å². The molecule has 0 aliphatic carbocycles. The lowest BCUT2D eigenvalue weighted by Crippen LogP contribution is -2.47. The molecule has 0 aromatic heterocycles. The summed E-state index contributed by atoms with van der Waals surface area (Å²) in [6, 6.07) is -0.964. The van der Waals surface area contributed by atoms with E-state index in [9.17, 15) is 9.59 Å². The van der Waals surface area contributed by atoms with E-state index in [1.807, 2.05) is 0 Å². The van der Waals surface area contributed by atoms with Crippen LogP contribution in [0.5, 0.6) is 0 Å². The molecule has 0 radical (unpaired) electrons. The van der Waals surface area contributed by atoms with Crippen LogP contribution in [0.15, 0.2) is 5.11 Å². The molecule has 9 heteroatoms. The van der Waals surface area contributed by atoms with Crippen LogP contribution in [-0.2, 0) is 9.59 Å². The number of carbonyl (C=O) groups is 2. The summed E-state index contributed by atoms with van der Waals surface area (Å²) in [5.41, 5.74) is 8.35. The van der Waals surface area contributed by atoms with Crippen molar-refractivity contribution in [3.8, 4) is 0 Å². The second-order valence-electron chi connectivity index (χ2n) is 5.46. The number of nitrogens with zero attached hydrogens (tertiary/aromatic N) is 3. The first-order chi connectivity index (χ1) is 10.1. The van der Waals surface area contributed by atoms with Gasteiger partial charge in [0.05, 0.1) is 6.04 Å². The molecule has 0 bridgehead atoms. The lowest BCUT2D eigenvalue weighted by Gasteiger charge is -2.20. The van der Waals surface area contributed by atoms with E-state index in [0.29, 0.717) is 26.2 Å². The van der Waals surface area contributed by atoms with Gasteiger partial charge in [-0.2, -0.15) is 0 Å². The highest BCUT2D eigenvalue weighted by atomic mass is 16.4. The fourth-order valence-electron chi connectivity index (χ4n) is 3.01. The van der Waals surface area contributed by atoms with Gasteiger partial charge in [-0.3, -0.25) is 9.59 Å². The summed E-state index contributed by atoms with van der Waals surface area (Å²) >= 11 is 0. The van der Waals surface area contributed by atoms with Gasteiger partial charge in [-0.25, -0.2) is 0 Å². The van der Waals surface area contributed by atoms with E-state index in [1.165, 1.54) is 0 Å². The highest BCUT2D eigenvalue weighted by Crippen LogP contribution is 2.18. The van der Waals surface area contributed by atoms with Crippen molar-refractivity contribution < 1.29 is 14.7 Å². The molecule has 2 aliphatic heterocycles. The van der Waals surface area contributed by atoms with E-state index in [4.69, 9.17) is 10.6 Å². The molecule has 2 rings (SSSR count). The summed E-state index contributed by atoms with van der Waals surface area (Å²) in [5, 5.41) is 21.4. The Balaban J connectivity index is 1.83. The standard InChI is InChI=1S/C12H20N6O3/c13-18-17-6-8-2-3-14-9(8)11(19)16-5-7-1-4-15-10(7)12(20)21/h7-10,14-15H,1-6H2,(H,16,19)(H,20,21)/t7?,8?,9-,10-/m0/s1. The molecule has 0 spiro atoms. The molecule has 2 fully saturated rings. The SMILES string of the molecule is [N-]=[N+]=NCC1CCN[C@@H]1C(=O)NCC1CCN[C@@H]1C(=O)O. The molecule has 4 N–H and O–H groups in total. The summed E-state index contributed by atoms with van der Waals surface area (Å²) in [4.78, 5) is 25.9. The first-order valence-corrected chi connectivity index (χ1v) is 7.11. The van der Waals surface area contributed by atoms with E-state index in [1.54, 1.807) is 0 Å². The van der Waals surface area contributed by atoms with Crippen LogP contribution >= 0.6 is 0 Å². The predicted molar refractivity (Wildman–Crippen MR) is 74.5 cm³/mol. The molecule has 116 valence electrons. The number of hydrogen-bond acceptors (Lipinski definition) is 5. The molecular formula is C12H20N6O3. The molecule has 0 aromatic rings. The minimum Gasteiger partial charge on any atom is -0.480 e. The molecule has 0 aromatic carbocycles. The minimum absolute atomic E-state index is 0.00197. The largest absolute Gasteiger partial charge is 0.480 e. The van der Waals surface area contributed by atoms with Crippen molar-refractivity contribution >= 4 is 11.9 Å². The van der Waals surface area contributed by atoms with Gasteiger partial charge in [0.1, 0.15) is 6.04 Å². The third-order valence-electron chi connectivity index (χ3n) is 4.17. The number of carboxylic acids is 1. The normalized spacial score (nSPS) is 31.6. The van der Waals surface area contributed by atoms with Crippen LogP contribution in [0, 0.1) is 11.8 Å². The molecule has 2 saturated heterocycles. The topological polar surface area (TPSA) is 139 Å². The Labute approximate surface area is 122 Å². The summed E-state index contributed by atoms with van der Waals surface area (Å²) in [7, 11) is 0. The van der Waals surface area contributed by atoms with Gasteiger partial charge in [-0.1, -0.05) is 5.11 Å². The molecule has 0 saturated carbocycles. The Bertz CT molecular complexity index is 450. The number of carbonyl (C=O) groups excluding carboxylic acids is 1. The summed E-state index contributed by atoms with van der Waals surface area (Å²) in [6.07, 6.45) is 1.53. The van der Waals surface area contributed by atoms with Crippen molar-refractivity contribution in [3.05, 3.63) is 10.4 Å². The molecule has 2 unspecified atom stereocenters. The monoisotopic (exact) mass is 296 g/mol. The summed E-state index contributed by atoms with van der Waals surface area (Å²) < 4.78 is 0. The Morgan fingerprint density at radius 3 is 2.57 bits per heavy atom. The van der Waals surface area contributed by atoms with Crippen molar-refractivity contribution in [2.24, 2.45) is 17.0 Å². The van der Waals surface area contributed by atoms with Crippen molar-refractivity contribution in [2.45, 2.75) is 24.9 Å². The highest BCUT2D eigenvalue weighted by molar-refractivity contribution is 5.82. The van der Waals surface area contributed by atoms with Crippen LogP contribution < -0.4 is 16.0 Å². The molecule has 1 amide bonds. The van der Waals surface area contributed by atoms with Gasteiger partial charge in [-0.05, 0) is 37.4 Å². The van der Waals surface area contributed by atoms with Gasteiger partial charge in [0, 0.05) is 23.9 Å². The van der Waals surface area contributed by atoms with Gasteiger partial charge in [0.2, 0.25) is 5.91 Å². The maximum Gasteiger partial charge on any atom is 0.321 e. The van der Waals surface area contributed by atoms with Crippen molar-refractivity contribution in [2.75, 3.05) is 26.2 Å². The average Bonchev–Trinajstić information content (AvgIpc) is 3.11. The number of azide groups is 1. The number of amides is 1. The number of carboxylic acid groups (broad SMARTS) is 1. The second-order valence-corrected chi connectivity index (χ2v) is 5.46. The fraction of sp³-hybridized carbons (Fsp3) is 0.833. The van der Waals surface area contributed by atoms with E-state index in [2.05, 4.69) is 26.0 Å². The number of nitrogens with one attached hydrogen (secondary N) is 3. The van der Waals surface area contributed by atoms with Crippen LogP contribution in [0.25, 0.3) is 10.4 Å². The maximum atomic E-state index is 12.2.